The van der Waals surface area contributed by atoms with E-state index >= 15 is 0 Å². The Labute approximate surface area is 177 Å². The highest BCUT2D eigenvalue weighted by atomic mass is 35.5. The number of hydrogen-bond donors (Lipinski definition) is 1. The molecule has 0 fully saturated rings. The van der Waals surface area contributed by atoms with Crippen LogP contribution in [0, 0.1) is 0 Å². The molecule has 1 amide bonds. The number of rotatable bonds is 4. The van der Waals surface area contributed by atoms with Gasteiger partial charge in [-0.25, -0.2) is 4.99 Å². The van der Waals surface area contributed by atoms with Crippen LogP contribution in [0.15, 0.2) is 93.2 Å². The summed E-state index contributed by atoms with van der Waals surface area (Å²) >= 11 is 7.56. The van der Waals surface area contributed by atoms with E-state index in [9.17, 15) is 4.79 Å². The Balaban J connectivity index is 1.82. The summed E-state index contributed by atoms with van der Waals surface area (Å²) in [4.78, 5) is 18.7. The Morgan fingerprint density at radius 1 is 1.00 bits per heavy atom. The lowest BCUT2D eigenvalue weighted by Crippen LogP contribution is -2.21. The molecule has 0 aliphatic rings. The fourth-order valence-corrected chi connectivity index (χ4v) is 3.42. The molecule has 0 unspecified atom stereocenters. The van der Waals surface area contributed by atoms with Crippen molar-refractivity contribution in [3.8, 4) is 0 Å². The lowest BCUT2D eigenvalue weighted by molar-refractivity contribution is 0.102. The number of carbonyl (C=O) groups excluding carboxylic acids is 1. The Morgan fingerprint density at radius 3 is 2.59 bits per heavy atom. The summed E-state index contributed by atoms with van der Waals surface area (Å²) in [5.41, 5.74) is 2.64. The van der Waals surface area contributed by atoms with E-state index in [0.717, 1.165) is 16.0 Å². The molecule has 1 N–H and O–H groups in total. The standard InChI is InChI=1S/C23H17ClN2O2S/c1-29-19-7-4-6-18(14-19)26-23-20(13-15-5-2-3-8-21(15)28-23)22(27)25-17-11-9-16(24)10-12-17/h2-14H,1H3,(H,25,27). The molecular weight excluding hydrogens is 404 g/mol. The number of halogens is 1. The van der Waals surface area contributed by atoms with Gasteiger partial charge in [0.15, 0.2) is 0 Å². The number of amides is 1. The van der Waals surface area contributed by atoms with E-state index in [1.54, 1.807) is 42.1 Å². The van der Waals surface area contributed by atoms with Crippen LogP contribution in [0.25, 0.3) is 11.0 Å². The van der Waals surface area contributed by atoms with Crippen LogP contribution in [0.2, 0.25) is 5.02 Å². The second-order valence-corrected chi connectivity index (χ2v) is 7.59. The molecule has 4 aromatic rings. The van der Waals surface area contributed by atoms with Crippen molar-refractivity contribution in [3.63, 3.8) is 0 Å². The van der Waals surface area contributed by atoms with Crippen molar-refractivity contribution in [1.29, 1.82) is 0 Å². The Bertz CT molecular complexity index is 1250. The van der Waals surface area contributed by atoms with Gasteiger partial charge in [-0.05, 0) is 60.9 Å². The summed E-state index contributed by atoms with van der Waals surface area (Å²) in [5.74, 6) is -0.304. The molecule has 0 radical (unpaired) electrons. The normalized spacial score (nSPS) is 11.6. The van der Waals surface area contributed by atoms with E-state index in [1.807, 2.05) is 54.8 Å². The van der Waals surface area contributed by atoms with Gasteiger partial charge in [-0.3, -0.25) is 4.79 Å². The Kier molecular flexibility index (Phi) is 5.69. The maximum Gasteiger partial charge on any atom is 0.261 e. The molecule has 0 spiro atoms. The molecular formula is C23H17ClN2O2S. The third-order valence-corrected chi connectivity index (χ3v) is 5.26. The molecule has 0 aliphatic carbocycles. The number of hydrogen-bond acceptors (Lipinski definition) is 4. The number of anilines is 1. The Morgan fingerprint density at radius 2 is 1.79 bits per heavy atom. The summed E-state index contributed by atoms with van der Waals surface area (Å²) in [5, 5.41) is 4.31. The number of carbonyl (C=O) groups is 1. The van der Waals surface area contributed by atoms with Crippen LogP contribution in [-0.2, 0) is 0 Å². The molecule has 6 heteroatoms. The first-order valence-electron chi connectivity index (χ1n) is 8.91. The lowest BCUT2D eigenvalue weighted by Gasteiger charge is -2.07. The van der Waals surface area contributed by atoms with Gasteiger partial charge in [0, 0.05) is 21.0 Å². The first-order chi connectivity index (χ1) is 14.1. The van der Waals surface area contributed by atoms with Gasteiger partial charge in [-0.1, -0.05) is 35.9 Å². The summed E-state index contributed by atoms with van der Waals surface area (Å²) in [7, 11) is 0. The first kappa shape index (κ1) is 19.3. The third kappa shape index (κ3) is 4.53. The molecule has 0 saturated carbocycles. The van der Waals surface area contributed by atoms with Crippen molar-refractivity contribution in [2.75, 3.05) is 11.6 Å². The lowest BCUT2D eigenvalue weighted by atomic mass is 10.1. The molecule has 1 heterocycles. The minimum atomic E-state index is -0.304. The van der Waals surface area contributed by atoms with Crippen LogP contribution in [0.1, 0.15) is 10.4 Å². The molecule has 4 nitrogen and oxygen atoms in total. The van der Waals surface area contributed by atoms with Crippen molar-refractivity contribution in [3.05, 3.63) is 95.0 Å². The summed E-state index contributed by atoms with van der Waals surface area (Å²) in [6, 6.07) is 24.0. The van der Waals surface area contributed by atoms with Crippen molar-refractivity contribution < 1.29 is 9.21 Å². The number of nitrogens with one attached hydrogen (secondary N) is 1. The SMILES string of the molecule is CSc1cccc(N=c2oc3ccccc3cc2C(=O)Nc2ccc(Cl)cc2)c1. The van der Waals surface area contributed by atoms with Crippen molar-refractivity contribution >= 4 is 51.6 Å². The van der Waals surface area contributed by atoms with Gasteiger partial charge < -0.3 is 9.73 Å². The average Bonchev–Trinajstić information content (AvgIpc) is 2.75. The molecule has 0 saturated heterocycles. The van der Waals surface area contributed by atoms with Crippen LogP contribution in [0.3, 0.4) is 0 Å². The minimum absolute atomic E-state index is 0.258. The number of benzene rings is 3. The van der Waals surface area contributed by atoms with E-state index in [2.05, 4.69) is 10.3 Å². The largest absolute Gasteiger partial charge is 0.438 e. The van der Waals surface area contributed by atoms with E-state index in [1.165, 1.54) is 0 Å². The molecule has 29 heavy (non-hydrogen) atoms. The van der Waals surface area contributed by atoms with Crippen LogP contribution < -0.4 is 10.9 Å². The second kappa shape index (κ2) is 8.55. The smallest absolute Gasteiger partial charge is 0.261 e. The molecule has 0 aliphatic heterocycles. The molecule has 144 valence electrons. The van der Waals surface area contributed by atoms with Gasteiger partial charge in [0.25, 0.3) is 5.91 Å². The molecule has 3 aromatic carbocycles. The van der Waals surface area contributed by atoms with Gasteiger partial charge in [-0.15, -0.1) is 11.8 Å². The first-order valence-corrected chi connectivity index (χ1v) is 10.5. The van der Waals surface area contributed by atoms with E-state index < -0.39 is 0 Å². The summed E-state index contributed by atoms with van der Waals surface area (Å²) in [6.07, 6.45) is 2.00. The fraction of sp³-hybridized carbons (Fsp3) is 0.0435. The quantitative estimate of drug-likeness (QED) is 0.394. The van der Waals surface area contributed by atoms with Crippen LogP contribution in [-0.4, -0.2) is 12.2 Å². The average molecular weight is 421 g/mol. The van der Waals surface area contributed by atoms with Crippen molar-refractivity contribution in [1.82, 2.24) is 0 Å². The summed E-state index contributed by atoms with van der Waals surface area (Å²) in [6.45, 7) is 0. The van der Waals surface area contributed by atoms with E-state index in [0.29, 0.717) is 21.9 Å². The monoisotopic (exact) mass is 420 g/mol. The highest BCUT2D eigenvalue weighted by Gasteiger charge is 2.13. The van der Waals surface area contributed by atoms with Gasteiger partial charge in [0.1, 0.15) is 11.1 Å². The van der Waals surface area contributed by atoms with Crippen LogP contribution in [0.5, 0.6) is 0 Å². The zero-order chi connectivity index (χ0) is 20.2. The highest BCUT2D eigenvalue weighted by molar-refractivity contribution is 7.98. The van der Waals surface area contributed by atoms with Crippen molar-refractivity contribution in [2.24, 2.45) is 4.99 Å². The van der Waals surface area contributed by atoms with Gasteiger partial charge in [0.05, 0.1) is 5.69 Å². The van der Waals surface area contributed by atoms with Crippen LogP contribution in [0.4, 0.5) is 11.4 Å². The zero-order valence-electron chi connectivity index (χ0n) is 15.6. The number of fused-ring (bicyclic) bond motifs is 1. The number of nitrogens with zero attached hydrogens (tertiary/aromatic N) is 1. The second-order valence-electron chi connectivity index (χ2n) is 6.28. The third-order valence-electron chi connectivity index (χ3n) is 4.29. The molecule has 0 atom stereocenters. The Hall–Kier alpha value is -3.02. The fourth-order valence-electron chi connectivity index (χ4n) is 2.84. The van der Waals surface area contributed by atoms with Crippen LogP contribution >= 0.6 is 23.4 Å². The van der Waals surface area contributed by atoms with E-state index in [-0.39, 0.29) is 11.5 Å². The molecule has 1 aromatic heterocycles. The number of para-hydroxylation sites is 1. The maximum absolute atomic E-state index is 13.0. The van der Waals surface area contributed by atoms with Gasteiger partial charge in [0.2, 0.25) is 5.55 Å². The predicted octanol–water partition coefficient (Wildman–Crippen LogP) is 6.29. The van der Waals surface area contributed by atoms with Crippen molar-refractivity contribution in [2.45, 2.75) is 4.90 Å². The van der Waals surface area contributed by atoms with Gasteiger partial charge >= 0.3 is 0 Å². The maximum atomic E-state index is 13.0. The topological polar surface area (TPSA) is 54.6 Å². The van der Waals surface area contributed by atoms with Gasteiger partial charge in [-0.2, -0.15) is 0 Å². The predicted molar refractivity (Wildman–Crippen MR) is 119 cm³/mol. The zero-order valence-corrected chi connectivity index (χ0v) is 17.1. The minimum Gasteiger partial charge on any atom is -0.438 e. The number of thioether (sulfide) groups is 1. The van der Waals surface area contributed by atoms with E-state index in [4.69, 9.17) is 16.0 Å². The highest BCUT2D eigenvalue weighted by Crippen LogP contribution is 2.22. The molecule has 4 rings (SSSR count). The molecule has 0 bridgehead atoms. The summed E-state index contributed by atoms with van der Waals surface area (Å²) < 4.78 is 5.99.